The van der Waals surface area contributed by atoms with Crippen molar-refractivity contribution in [1.82, 2.24) is 0 Å². The third kappa shape index (κ3) is 1.95. The van der Waals surface area contributed by atoms with E-state index in [4.69, 9.17) is 0 Å². The molecule has 12 heavy (non-hydrogen) atoms. The van der Waals surface area contributed by atoms with E-state index in [1.165, 1.54) is 0 Å². The van der Waals surface area contributed by atoms with Gasteiger partial charge >= 0.3 is 0 Å². The largest absolute Gasteiger partial charge is 0.389 e. The highest BCUT2D eigenvalue weighted by Gasteiger charge is 1.99. The summed E-state index contributed by atoms with van der Waals surface area (Å²) < 4.78 is 0. The number of aliphatic hydroxyl groups is 1. The summed E-state index contributed by atoms with van der Waals surface area (Å²) in [6.45, 7) is 7.57. The predicted octanol–water partition coefficient (Wildman–Crippen LogP) is 2.77. The van der Waals surface area contributed by atoms with Crippen LogP contribution in [0.4, 0.5) is 0 Å². The lowest BCUT2D eigenvalue weighted by molar-refractivity contribution is 0.199. The summed E-state index contributed by atoms with van der Waals surface area (Å²) in [5.41, 5.74) is 3.12. The fourth-order valence-corrected chi connectivity index (χ4v) is 1.05. The fourth-order valence-electron chi connectivity index (χ4n) is 1.05. The number of benzene rings is 1. The minimum Gasteiger partial charge on any atom is -0.389 e. The molecule has 0 bridgehead atoms. The Kier molecular flexibility index (Phi) is 2.66. The Balaban J connectivity index is 2.93. The molecule has 1 unspecified atom stereocenters. The zero-order valence-corrected chi connectivity index (χ0v) is 7.54. The molecule has 0 aliphatic rings. The van der Waals surface area contributed by atoms with Gasteiger partial charge in [-0.1, -0.05) is 36.4 Å². The zero-order valence-electron chi connectivity index (χ0n) is 7.54. The maximum Gasteiger partial charge on any atom is 0.0761 e. The first-order chi connectivity index (χ1) is 5.61. The van der Waals surface area contributed by atoms with E-state index >= 15 is 0 Å². The Hall–Kier alpha value is -1.08. The second kappa shape index (κ2) is 3.55. The average molecular weight is 162 g/mol. The lowest BCUT2D eigenvalue weighted by atomic mass is 10.0. The van der Waals surface area contributed by atoms with Crippen LogP contribution in [-0.2, 0) is 0 Å². The number of hydrogen-bond acceptors (Lipinski definition) is 1. The van der Waals surface area contributed by atoms with Crippen LogP contribution in [0.25, 0.3) is 5.57 Å². The molecule has 1 rings (SSSR count). The Morgan fingerprint density at radius 1 is 1.33 bits per heavy atom. The van der Waals surface area contributed by atoms with Gasteiger partial charge in [0, 0.05) is 0 Å². The normalized spacial score (nSPS) is 12.6. The summed E-state index contributed by atoms with van der Waals surface area (Å²) in [4.78, 5) is 0. The first kappa shape index (κ1) is 9.01. The molecule has 0 aliphatic carbocycles. The summed E-state index contributed by atoms with van der Waals surface area (Å²) >= 11 is 0. The molecule has 0 spiro atoms. The van der Waals surface area contributed by atoms with Gasteiger partial charge in [0.05, 0.1) is 6.10 Å². The monoisotopic (exact) mass is 162 g/mol. The Bertz CT molecular complexity index is 270. The van der Waals surface area contributed by atoms with Gasteiger partial charge in [-0.3, -0.25) is 0 Å². The Morgan fingerprint density at radius 2 is 1.83 bits per heavy atom. The van der Waals surface area contributed by atoms with Crippen molar-refractivity contribution in [3.8, 4) is 0 Å². The highest BCUT2D eigenvalue weighted by molar-refractivity contribution is 5.61. The number of allylic oxidation sites excluding steroid dienone is 1. The van der Waals surface area contributed by atoms with Crippen molar-refractivity contribution in [2.45, 2.75) is 20.0 Å². The Morgan fingerprint density at radius 3 is 2.17 bits per heavy atom. The lowest BCUT2D eigenvalue weighted by Gasteiger charge is -2.05. The van der Waals surface area contributed by atoms with E-state index in [2.05, 4.69) is 6.58 Å². The van der Waals surface area contributed by atoms with Crippen molar-refractivity contribution in [3.63, 3.8) is 0 Å². The molecule has 0 amide bonds. The molecule has 0 aromatic heterocycles. The number of hydrogen-bond donors (Lipinski definition) is 1. The van der Waals surface area contributed by atoms with E-state index in [1.807, 2.05) is 31.2 Å². The van der Waals surface area contributed by atoms with Gasteiger partial charge in [0.15, 0.2) is 0 Å². The number of aliphatic hydroxyl groups excluding tert-OH is 1. The quantitative estimate of drug-likeness (QED) is 0.709. The summed E-state index contributed by atoms with van der Waals surface area (Å²) in [5, 5.41) is 9.23. The van der Waals surface area contributed by atoms with Gasteiger partial charge in [-0.05, 0) is 25.0 Å². The van der Waals surface area contributed by atoms with Gasteiger partial charge in [0.2, 0.25) is 0 Å². The van der Waals surface area contributed by atoms with Crippen molar-refractivity contribution < 1.29 is 5.11 Å². The smallest absolute Gasteiger partial charge is 0.0761 e. The molecule has 1 nitrogen and oxygen atoms in total. The van der Waals surface area contributed by atoms with Crippen LogP contribution in [0.3, 0.4) is 0 Å². The molecule has 0 radical (unpaired) electrons. The van der Waals surface area contributed by atoms with Crippen LogP contribution in [0, 0.1) is 0 Å². The molecule has 1 atom stereocenters. The molecule has 1 heteroatoms. The number of rotatable bonds is 2. The molecular weight excluding hydrogens is 148 g/mol. The van der Waals surface area contributed by atoms with E-state index in [-0.39, 0.29) is 6.10 Å². The molecule has 0 saturated heterocycles. The standard InChI is InChI=1S/C11H14O/c1-8(2)10-4-6-11(7-5-10)9(3)12/h4-7,9,12H,1H2,2-3H3. The molecule has 1 aromatic carbocycles. The van der Waals surface area contributed by atoms with Crippen LogP contribution in [0.15, 0.2) is 30.8 Å². The van der Waals surface area contributed by atoms with Crippen molar-refractivity contribution >= 4 is 5.57 Å². The van der Waals surface area contributed by atoms with Gasteiger partial charge in [-0.2, -0.15) is 0 Å². The Labute approximate surface area is 73.4 Å². The van der Waals surface area contributed by atoms with Crippen LogP contribution in [0.5, 0.6) is 0 Å². The highest BCUT2D eigenvalue weighted by Crippen LogP contribution is 2.16. The van der Waals surface area contributed by atoms with E-state index in [1.54, 1.807) is 6.92 Å². The topological polar surface area (TPSA) is 20.2 Å². The summed E-state index contributed by atoms with van der Waals surface area (Å²) in [7, 11) is 0. The third-order valence-corrected chi connectivity index (χ3v) is 1.89. The van der Waals surface area contributed by atoms with Gasteiger partial charge in [-0.15, -0.1) is 0 Å². The predicted molar refractivity (Wildman–Crippen MR) is 51.8 cm³/mol. The van der Waals surface area contributed by atoms with Gasteiger partial charge < -0.3 is 5.11 Å². The maximum absolute atomic E-state index is 9.23. The van der Waals surface area contributed by atoms with E-state index in [9.17, 15) is 5.11 Å². The van der Waals surface area contributed by atoms with Crippen molar-refractivity contribution in [2.24, 2.45) is 0 Å². The van der Waals surface area contributed by atoms with Gasteiger partial charge in [0.25, 0.3) is 0 Å². The second-order valence-electron chi connectivity index (χ2n) is 3.08. The van der Waals surface area contributed by atoms with E-state index in [0.717, 1.165) is 16.7 Å². The summed E-state index contributed by atoms with van der Waals surface area (Å²) in [6.07, 6.45) is -0.385. The molecule has 1 N–H and O–H groups in total. The molecule has 0 fully saturated rings. The highest BCUT2D eigenvalue weighted by atomic mass is 16.3. The fraction of sp³-hybridized carbons (Fsp3) is 0.273. The zero-order chi connectivity index (χ0) is 9.14. The summed E-state index contributed by atoms with van der Waals surface area (Å²) in [6, 6.07) is 7.80. The molecule has 1 aromatic rings. The SMILES string of the molecule is C=C(C)c1ccc(C(C)O)cc1. The second-order valence-corrected chi connectivity index (χ2v) is 3.08. The summed E-state index contributed by atoms with van der Waals surface area (Å²) in [5.74, 6) is 0. The van der Waals surface area contributed by atoms with E-state index in [0.29, 0.717) is 0 Å². The van der Waals surface area contributed by atoms with Crippen LogP contribution in [0.1, 0.15) is 31.1 Å². The minimum atomic E-state index is -0.385. The van der Waals surface area contributed by atoms with Crippen molar-refractivity contribution in [3.05, 3.63) is 42.0 Å². The lowest BCUT2D eigenvalue weighted by Crippen LogP contribution is -1.90. The van der Waals surface area contributed by atoms with Crippen molar-refractivity contribution in [2.75, 3.05) is 0 Å². The van der Waals surface area contributed by atoms with Crippen LogP contribution < -0.4 is 0 Å². The maximum atomic E-state index is 9.23. The van der Waals surface area contributed by atoms with Gasteiger partial charge in [-0.25, -0.2) is 0 Å². The molecule has 0 heterocycles. The average Bonchev–Trinajstić information content (AvgIpc) is 2.04. The third-order valence-electron chi connectivity index (χ3n) is 1.89. The van der Waals surface area contributed by atoms with Crippen LogP contribution >= 0.6 is 0 Å². The first-order valence-corrected chi connectivity index (χ1v) is 4.05. The first-order valence-electron chi connectivity index (χ1n) is 4.05. The van der Waals surface area contributed by atoms with E-state index < -0.39 is 0 Å². The van der Waals surface area contributed by atoms with Crippen molar-refractivity contribution in [1.29, 1.82) is 0 Å². The van der Waals surface area contributed by atoms with Crippen LogP contribution in [0.2, 0.25) is 0 Å². The molecule has 0 saturated carbocycles. The molecule has 0 aliphatic heterocycles. The van der Waals surface area contributed by atoms with Crippen LogP contribution in [-0.4, -0.2) is 5.11 Å². The molecular formula is C11H14O. The minimum absolute atomic E-state index is 0.385. The molecule has 64 valence electrons. The van der Waals surface area contributed by atoms with Gasteiger partial charge in [0.1, 0.15) is 0 Å².